The number of hydrogen-bond acceptors (Lipinski definition) is 6. The molecule has 3 rings (SSSR count). The Balaban J connectivity index is 1.78. The number of carbonyl (C=O) groups excluding carboxylic acids is 1. The first-order valence-corrected chi connectivity index (χ1v) is 9.42. The SMILES string of the molecule is CCN(C(=O)c1ccc(F)c(F)c1-n1nccn1)[C@@H](C)CNc1ncc(C(F)(F)F)cn1. The number of benzene rings is 1. The third-order valence-corrected chi connectivity index (χ3v) is 4.59. The van der Waals surface area contributed by atoms with Crippen LogP contribution in [0.5, 0.6) is 0 Å². The Morgan fingerprint density at radius 1 is 1.16 bits per heavy atom. The van der Waals surface area contributed by atoms with Gasteiger partial charge in [0.25, 0.3) is 5.91 Å². The van der Waals surface area contributed by atoms with Gasteiger partial charge < -0.3 is 10.2 Å². The predicted molar refractivity (Wildman–Crippen MR) is 103 cm³/mol. The van der Waals surface area contributed by atoms with Gasteiger partial charge in [0.2, 0.25) is 5.95 Å². The molecule has 0 aliphatic heterocycles. The van der Waals surface area contributed by atoms with Crippen LogP contribution in [0.25, 0.3) is 5.69 Å². The van der Waals surface area contributed by atoms with Crippen LogP contribution in [-0.4, -0.2) is 54.9 Å². The highest BCUT2D eigenvalue weighted by Crippen LogP contribution is 2.28. The Morgan fingerprint density at radius 2 is 1.78 bits per heavy atom. The standard InChI is InChI=1S/C19H18F5N7O/c1-3-30(11(2)8-25-18-26-9-12(10-27-18)19(22,23)24)17(32)13-4-5-14(20)15(21)16(13)31-28-6-7-29-31/h4-7,9-11H,3,8H2,1-2H3,(H,25,26,27)/t11-/m0/s1. The number of carbonyl (C=O) groups is 1. The lowest BCUT2D eigenvalue weighted by Gasteiger charge is -2.29. The van der Waals surface area contributed by atoms with Gasteiger partial charge in [-0.2, -0.15) is 23.4 Å². The van der Waals surface area contributed by atoms with Crippen molar-refractivity contribution < 1.29 is 26.7 Å². The first kappa shape index (κ1) is 23.0. The van der Waals surface area contributed by atoms with Crippen molar-refractivity contribution >= 4 is 11.9 Å². The number of hydrogen-bond donors (Lipinski definition) is 1. The van der Waals surface area contributed by atoms with Crippen LogP contribution in [0.1, 0.15) is 29.8 Å². The van der Waals surface area contributed by atoms with Crippen LogP contribution in [-0.2, 0) is 6.18 Å². The summed E-state index contributed by atoms with van der Waals surface area (Å²) in [6.07, 6.45) is -0.747. The van der Waals surface area contributed by atoms with Gasteiger partial charge in [-0.3, -0.25) is 4.79 Å². The number of aromatic nitrogens is 5. The molecule has 1 amide bonds. The summed E-state index contributed by atoms with van der Waals surface area (Å²) in [4.78, 5) is 22.6. The van der Waals surface area contributed by atoms with Crippen LogP contribution in [0.4, 0.5) is 27.9 Å². The highest BCUT2D eigenvalue weighted by molar-refractivity contribution is 5.98. The van der Waals surface area contributed by atoms with E-state index in [9.17, 15) is 26.7 Å². The van der Waals surface area contributed by atoms with E-state index in [1.165, 1.54) is 17.3 Å². The van der Waals surface area contributed by atoms with Crippen molar-refractivity contribution in [2.24, 2.45) is 0 Å². The average Bonchev–Trinajstić information content (AvgIpc) is 3.28. The highest BCUT2D eigenvalue weighted by atomic mass is 19.4. The topological polar surface area (TPSA) is 88.8 Å². The Bertz CT molecular complexity index is 1070. The molecule has 1 N–H and O–H groups in total. The normalized spacial score (nSPS) is 12.5. The number of amides is 1. The first-order chi connectivity index (χ1) is 15.1. The summed E-state index contributed by atoms with van der Waals surface area (Å²) in [5.74, 6) is -3.10. The number of alkyl halides is 3. The van der Waals surface area contributed by atoms with Crippen LogP contribution >= 0.6 is 0 Å². The molecule has 32 heavy (non-hydrogen) atoms. The fourth-order valence-corrected chi connectivity index (χ4v) is 2.96. The van der Waals surface area contributed by atoms with E-state index in [2.05, 4.69) is 25.5 Å². The lowest BCUT2D eigenvalue weighted by atomic mass is 10.1. The molecule has 0 saturated heterocycles. The Morgan fingerprint density at radius 3 is 2.34 bits per heavy atom. The molecular formula is C19H18F5N7O. The smallest absolute Gasteiger partial charge is 0.352 e. The molecule has 1 atom stereocenters. The maximum atomic E-state index is 14.5. The molecule has 0 aliphatic rings. The van der Waals surface area contributed by atoms with Gasteiger partial charge in [-0.15, -0.1) is 4.80 Å². The second-order valence-electron chi connectivity index (χ2n) is 6.69. The molecule has 2 aromatic heterocycles. The average molecular weight is 455 g/mol. The van der Waals surface area contributed by atoms with Gasteiger partial charge in [0, 0.05) is 31.5 Å². The molecule has 0 spiro atoms. The molecule has 3 aromatic rings. The fraction of sp³-hybridized carbons (Fsp3) is 0.316. The number of halogens is 5. The molecule has 0 saturated carbocycles. The number of nitrogens with one attached hydrogen (secondary N) is 1. The van der Waals surface area contributed by atoms with Crippen molar-refractivity contribution in [2.75, 3.05) is 18.4 Å². The molecule has 13 heteroatoms. The summed E-state index contributed by atoms with van der Waals surface area (Å²) in [5.41, 5.74) is -1.57. The minimum atomic E-state index is -4.55. The lowest BCUT2D eigenvalue weighted by Crippen LogP contribution is -2.42. The minimum absolute atomic E-state index is 0.0531. The Kier molecular flexibility index (Phi) is 6.65. The number of anilines is 1. The van der Waals surface area contributed by atoms with Crippen LogP contribution in [0.15, 0.2) is 36.9 Å². The van der Waals surface area contributed by atoms with Gasteiger partial charge >= 0.3 is 6.18 Å². The van der Waals surface area contributed by atoms with Gasteiger partial charge in [-0.05, 0) is 26.0 Å². The van der Waals surface area contributed by atoms with E-state index in [1.54, 1.807) is 13.8 Å². The molecule has 0 radical (unpaired) electrons. The fourth-order valence-electron chi connectivity index (χ4n) is 2.96. The third-order valence-electron chi connectivity index (χ3n) is 4.59. The van der Waals surface area contributed by atoms with E-state index in [0.29, 0.717) is 12.4 Å². The van der Waals surface area contributed by atoms with Crippen molar-refractivity contribution in [1.29, 1.82) is 0 Å². The molecule has 170 valence electrons. The zero-order valence-electron chi connectivity index (χ0n) is 16.9. The van der Waals surface area contributed by atoms with Crippen LogP contribution in [0.3, 0.4) is 0 Å². The lowest BCUT2D eigenvalue weighted by molar-refractivity contribution is -0.138. The largest absolute Gasteiger partial charge is 0.419 e. The second kappa shape index (κ2) is 9.24. The molecule has 1 aromatic carbocycles. The zero-order valence-corrected chi connectivity index (χ0v) is 16.9. The maximum Gasteiger partial charge on any atom is 0.419 e. The summed E-state index contributed by atoms with van der Waals surface area (Å²) in [6, 6.07) is 1.47. The van der Waals surface area contributed by atoms with E-state index in [0.717, 1.165) is 16.9 Å². The molecule has 0 fully saturated rings. The van der Waals surface area contributed by atoms with Crippen molar-refractivity contribution in [2.45, 2.75) is 26.1 Å². The van der Waals surface area contributed by atoms with Crippen molar-refractivity contribution in [1.82, 2.24) is 29.9 Å². The first-order valence-electron chi connectivity index (χ1n) is 9.42. The number of likely N-dealkylation sites (N-methyl/N-ethyl adjacent to an activating group) is 1. The quantitative estimate of drug-likeness (QED) is 0.550. The third kappa shape index (κ3) is 4.81. The summed E-state index contributed by atoms with van der Waals surface area (Å²) in [6.45, 7) is 3.66. The van der Waals surface area contributed by atoms with Crippen LogP contribution in [0, 0.1) is 11.6 Å². The van der Waals surface area contributed by atoms with Crippen molar-refractivity contribution in [3.63, 3.8) is 0 Å². The van der Waals surface area contributed by atoms with Gasteiger partial charge in [0.15, 0.2) is 11.6 Å². The second-order valence-corrected chi connectivity index (χ2v) is 6.69. The predicted octanol–water partition coefficient (Wildman–Crippen LogP) is 3.32. The van der Waals surface area contributed by atoms with Crippen LogP contribution < -0.4 is 5.32 Å². The molecule has 0 bridgehead atoms. The molecule has 8 nitrogen and oxygen atoms in total. The zero-order chi connectivity index (χ0) is 23.5. The van der Waals surface area contributed by atoms with Crippen molar-refractivity contribution in [3.8, 4) is 5.69 Å². The Labute approximate surface area is 179 Å². The highest BCUT2D eigenvalue weighted by Gasteiger charge is 2.31. The van der Waals surface area contributed by atoms with E-state index in [-0.39, 0.29) is 24.6 Å². The number of rotatable bonds is 7. The van der Waals surface area contributed by atoms with E-state index >= 15 is 0 Å². The molecular weight excluding hydrogens is 437 g/mol. The number of nitrogens with zero attached hydrogens (tertiary/aromatic N) is 6. The van der Waals surface area contributed by atoms with Gasteiger partial charge in [-0.25, -0.2) is 18.7 Å². The van der Waals surface area contributed by atoms with Crippen LogP contribution in [0.2, 0.25) is 0 Å². The van der Waals surface area contributed by atoms with Gasteiger partial charge in [0.05, 0.1) is 23.5 Å². The monoisotopic (exact) mass is 455 g/mol. The van der Waals surface area contributed by atoms with E-state index in [4.69, 9.17) is 0 Å². The molecule has 0 unspecified atom stereocenters. The van der Waals surface area contributed by atoms with Crippen molar-refractivity contribution in [3.05, 3.63) is 59.7 Å². The van der Waals surface area contributed by atoms with E-state index in [1.807, 2.05) is 0 Å². The van der Waals surface area contributed by atoms with Gasteiger partial charge in [-0.1, -0.05) is 0 Å². The van der Waals surface area contributed by atoms with E-state index < -0.39 is 41.0 Å². The summed E-state index contributed by atoms with van der Waals surface area (Å²) in [7, 11) is 0. The Hall–Kier alpha value is -3.64. The summed E-state index contributed by atoms with van der Waals surface area (Å²) in [5, 5.41) is 10.3. The van der Waals surface area contributed by atoms with Gasteiger partial charge in [0.1, 0.15) is 5.69 Å². The minimum Gasteiger partial charge on any atom is -0.352 e. The summed E-state index contributed by atoms with van der Waals surface area (Å²) < 4.78 is 66.1. The maximum absolute atomic E-state index is 14.5. The molecule has 2 heterocycles. The summed E-state index contributed by atoms with van der Waals surface area (Å²) >= 11 is 0. The molecule has 0 aliphatic carbocycles.